The Morgan fingerprint density at radius 2 is 1.71 bits per heavy atom. The molecule has 1 atom stereocenters. The first-order valence-corrected chi connectivity index (χ1v) is 5.89. The molecular weight excluding hydrogens is 208 g/mol. The molecule has 7 heteroatoms. The van der Waals surface area contributed by atoms with Crippen molar-refractivity contribution >= 4 is 10.2 Å². The van der Waals surface area contributed by atoms with Gasteiger partial charge in [0.1, 0.15) is 0 Å². The molecule has 0 aliphatic carbocycles. The van der Waals surface area contributed by atoms with Gasteiger partial charge in [-0.1, -0.05) is 13.8 Å². The molecular formula is C7H18N2O4S. The van der Waals surface area contributed by atoms with Gasteiger partial charge in [-0.2, -0.15) is 13.1 Å². The van der Waals surface area contributed by atoms with Gasteiger partial charge >= 0.3 is 0 Å². The van der Waals surface area contributed by atoms with Crippen LogP contribution in [0.4, 0.5) is 0 Å². The van der Waals surface area contributed by atoms with Gasteiger partial charge in [0, 0.05) is 13.1 Å². The van der Waals surface area contributed by atoms with Crippen LogP contribution in [0.3, 0.4) is 0 Å². The summed E-state index contributed by atoms with van der Waals surface area (Å²) in [6.07, 6.45) is -1.06. The molecule has 86 valence electrons. The summed E-state index contributed by atoms with van der Waals surface area (Å²) in [6, 6.07) is 0. The van der Waals surface area contributed by atoms with E-state index in [2.05, 4.69) is 9.44 Å². The van der Waals surface area contributed by atoms with Gasteiger partial charge in [0.05, 0.1) is 12.7 Å². The Labute approximate surface area is 84.5 Å². The summed E-state index contributed by atoms with van der Waals surface area (Å²) in [6.45, 7) is 3.44. The summed E-state index contributed by atoms with van der Waals surface area (Å²) in [4.78, 5) is 0. The molecule has 14 heavy (non-hydrogen) atoms. The number of hydrogen-bond acceptors (Lipinski definition) is 4. The zero-order valence-corrected chi connectivity index (χ0v) is 9.21. The second kappa shape index (κ2) is 6.31. The molecule has 0 radical (unpaired) electrons. The van der Waals surface area contributed by atoms with Crippen molar-refractivity contribution in [3.05, 3.63) is 0 Å². The van der Waals surface area contributed by atoms with Crippen molar-refractivity contribution in [1.82, 2.24) is 9.44 Å². The third-order valence-corrected chi connectivity index (χ3v) is 2.49. The van der Waals surface area contributed by atoms with Crippen LogP contribution in [0.25, 0.3) is 0 Å². The van der Waals surface area contributed by atoms with Crippen molar-refractivity contribution < 1.29 is 18.6 Å². The maximum atomic E-state index is 11.1. The lowest BCUT2D eigenvalue weighted by atomic mass is 10.2. The number of hydrogen-bond donors (Lipinski definition) is 4. The maximum Gasteiger partial charge on any atom is 0.277 e. The lowest BCUT2D eigenvalue weighted by Crippen LogP contribution is -2.42. The first-order valence-electron chi connectivity index (χ1n) is 4.40. The Bertz CT molecular complexity index is 240. The van der Waals surface area contributed by atoms with Crippen molar-refractivity contribution in [3.8, 4) is 0 Å². The second-order valence-electron chi connectivity index (χ2n) is 3.43. The van der Waals surface area contributed by atoms with E-state index in [4.69, 9.17) is 10.2 Å². The van der Waals surface area contributed by atoms with Crippen molar-refractivity contribution in [2.75, 3.05) is 19.7 Å². The van der Waals surface area contributed by atoms with Crippen molar-refractivity contribution in [1.29, 1.82) is 0 Å². The van der Waals surface area contributed by atoms with Crippen LogP contribution in [-0.4, -0.2) is 44.4 Å². The largest absolute Gasteiger partial charge is 0.394 e. The van der Waals surface area contributed by atoms with Gasteiger partial charge in [0.15, 0.2) is 0 Å². The minimum Gasteiger partial charge on any atom is -0.394 e. The zero-order valence-electron chi connectivity index (χ0n) is 8.40. The first kappa shape index (κ1) is 13.8. The standard InChI is InChI=1S/C7H18N2O4S/c1-6(2)3-8-14(12,13)9-4-7(11)5-10/h6-11H,3-5H2,1-2H3. The van der Waals surface area contributed by atoms with Crippen LogP contribution in [0, 0.1) is 5.92 Å². The molecule has 0 fully saturated rings. The molecule has 0 spiro atoms. The molecule has 1 unspecified atom stereocenters. The fourth-order valence-corrected chi connectivity index (χ4v) is 1.66. The summed E-state index contributed by atoms with van der Waals surface area (Å²) in [7, 11) is -3.55. The molecule has 0 saturated carbocycles. The van der Waals surface area contributed by atoms with Crippen molar-refractivity contribution in [2.24, 2.45) is 5.92 Å². The Hall–Kier alpha value is -0.210. The number of aliphatic hydroxyl groups is 2. The first-order chi connectivity index (χ1) is 6.37. The fraction of sp³-hybridized carbons (Fsp3) is 1.00. The molecule has 6 nitrogen and oxygen atoms in total. The minimum absolute atomic E-state index is 0.191. The normalized spacial score (nSPS) is 14.6. The Morgan fingerprint density at radius 1 is 1.21 bits per heavy atom. The predicted molar refractivity (Wildman–Crippen MR) is 52.9 cm³/mol. The molecule has 0 aliphatic heterocycles. The lowest BCUT2D eigenvalue weighted by molar-refractivity contribution is 0.0987. The summed E-state index contributed by atoms with van der Waals surface area (Å²) in [5, 5.41) is 17.3. The number of nitrogens with one attached hydrogen (secondary N) is 2. The van der Waals surface area contributed by atoms with Gasteiger partial charge in [-0.3, -0.25) is 0 Å². The quantitative estimate of drug-likeness (QED) is 0.421. The second-order valence-corrected chi connectivity index (χ2v) is 5.01. The molecule has 0 saturated heterocycles. The average molecular weight is 226 g/mol. The Balaban J connectivity index is 3.84. The molecule has 0 bridgehead atoms. The van der Waals surface area contributed by atoms with Crippen LogP contribution in [0.15, 0.2) is 0 Å². The Morgan fingerprint density at radius 3 is 2.14 bits per heavy atom. The van der Waals surface area contributed by atoms with Crippen molar-refractivity contribution in [2.45, 2.75) is 20.0 Å². The summed E-state index contributed by atoms with van der Waals surface area (Å²) >= 11 is 0. The molecule has 0 aromatic carbocycles. The molecule has 0 amide bonds. The zero-order chi connectivity index (χ0) is 11.2. The van der Waals surface area contributed by atoms with E-state index in [1.807, 2.05) is 13.8 Å². The number of rotatable bonds is 7. The Kier molecular flexibility index (Phi) is 6.21. The van der Waals surface area contributed by atoms with Gasteiger partial charge in [0.25, 0.3) is 10.2 Å². The van der Waals surface area contributed by atoms with E-state index < -0.39 is 22.9 Å². The molecule has 0 aromatic heterocycles. The molecule has 4 N–H and O–H groups in total. The smallest absolute Gasteiger partial charge is 0.277 e. The molecule has 0 rings (SSSR count). The van der Waals surface area contributed by atoms with Crippen molar-refractivity contribution in [3.63, 3.8) is 0 Å². The van der Waals surface area contributed by atoms with Crippen LogP contribution < -0.4 is 9.44 Å². The van der Waals surface area contributed by atoms with E-state index in [1.165, 1.54) is 0 Å². The average Bonchev–Trinajstić information content (AvgIpc) is 2.11. The monoisotopic (exact) mass is 226 g/mol. The van der Waals surface area contributed by atoms with E-state index in [0.29, 0.717) is 6.54 Å². The van der Waals surface area contributed by atoms with E-state index in [9.17, 15) is 8.42 Å². The fourth-order valence-electron chi connectivity index (χ4n) is 0.598. The summed E-state index contributed by atoms with van der Waals surface area (Å²) < 4.78 is 26.7. The molecule has 0 aliphatic rings. The van der Waals surface area contributed by atoms with E-state index in [1.54, 1.807) is 0 Å². The van der Waals surface area contributed by atoms with Crippen LogP contribution >= 0.6 is 0 Å². The van der Waals surface area contributed by atoms with E-state index >= 15 is 0 Å². The highest BCUT2D eigenvalue weighted by Crippen LogP contribution is 1.89. The SMILES string of the molecule is CC(C)CNS(=O)(=O)NCC(O)CO. The van der Waals surface area contributed by atoms with Crippen LogP contribution in [0.1, 0.15) is 13.8 Å². The maximum absolute atomic E-state index is 11.1. The lowest BCUT2D eigenvalue weighted by Gasteiger charge is -2.11. The molecule has 0 aromatic rings. The summed E-state index contributed by atoms with van der Waals surface area (Å²) in [5.74, 6) is 0.217. The highest BCUT2D eigenvalue weighted by atomic mass is 32.2. The molecule has 0 heterocycles. The third-order valence-electron chi connectivity index (χ3n) is 1.40. The van der Waals surface area contributed by atoms with Crippen LogP contribution in [-0.2, 0) is 10.2 Å². The van der Waals surface area contributed by atoms with E-state index in [-0.39, 0.29) is 12.5 Å². The highest BCUT2D eigenvalue weighted by Gasteiger charge is 2.11. The number of aliphatic hydroxyl groups excluding tert-OH is 2. The van der Waals surface area contributed by atoms with E-state index in [0.717, 1.165) is 0 Å². The topological polar surface area (TPSA) is 98.7 Å². The van der Waals surface area contributed by atoms with Gasteiger partial charge in [0.2, 0.25) is 0 Å². The third kappa shape index (κ3) is 7.22. The van der Waals surface area contributed by atoms with Gasteiger partial charge < -0.3 is 10.2 Å². The van der Waals surface area contributed by atoms with Crippen LogP contribution in [0.5, 0.6) is 0 Å². The highest BCUT2D eigenvalue weighted by molar-refractivity contribution is 7.87. The summed E-state index contributed by atoms with van der Waals surface area (Å²) in [5.41, 5.74) is 0. The van der Waals surface area contributed by atoms with Gasteiger partial charge in [-0.05, 0) is 5.92 Å². The predicted octanol–water partition coefficient (Wildman–Crippen LogP) is -1.58. The van der Waals surface area contributed by atoms with Gasteiger partial charge in [-0.25, -0.2) is 4.72 Å². The van der Waals surface area contributed by atoms with Gasteiger partial charge in [-0.15, -0.1) is 0 Å². The minimum atomic E-state index is -3.55. The van der Waals surface area contributed by atoms with Crippen LogP contribution in [0.2, 0.25) is 0 Å².